The van der Waals surface area contributed by atoms with Crippen molar-refractivity contribution in [2.75, 3.05) is 12.9 Å². The molecule has 2 bridgehead atoms. The molecule has 0 aliphatic heterocycles. The molecule has 3 aromatic rings. The lowest BCUT2D eigenvalue weighted by Gasteiger charge is -2.30. The highest BCUT2D eigenvalue weighted by molar-refractivity contribution is 7.99. The van der Waals surface area contributed by atoms with E-state index in [1.165, 1.54) is 31.2 Å². The fourth-order valence-corrected chi connectivity index (χ4v) is 6.49. The van der Waals surface area contributed by atoms with E-state index in [4.69, 9.17) is 9.15 Å². The van der Waals surface area contributed by atoms with Crippen LogP contribution in [0.2, 0.25) is 0 Å². The summed E-state index contributed by atoms with van der Waals surface area (Å²) in [5, 5.41) is 10.1. The van der Waals surface area contributed by atoms with Crippen molar-refractivity contribution in [3.8, 4) is 17.3 Å². The third-order valence-electron chi connectivity index (χ3n) is 6.98. The van der Waals surface area contributed by atoms with Crippen LogP contribution >= 0.6 is 11.8 Å². The summed E-state index contributed by atoms with van der Waals surface area (Å²) in [7, 11) is 1.71. The second-order valence-electron chi connectivity index (χ2n) is 8.68. The average molecular weight is 424 g/mol. The Morgan fingerprint density at radius 1 is 1.20 bits per heavy atom. The quantitative estimate of drug-likeness (QED) is 0.424. The Labute approximate surface area is 182 Å². The van der Waals surface area contributed by atoms with Crippen molar-refractivity contribution >= 4 is 11.8 Å². The number of aryl methyl sites for hydroxylation is 1. The van der Waals surface area contributed by atoms with Gasteiger partial charge in [0.25, 0.3) is 0 Å². The number of methoxy groups -OCH3 is 1. The number of hydrogen-bond donors (Lipinski definition) is 0. The van der Waals surface area contributed by atoms with E-state index in [0.29, 0.717) is 12.0 Å². The van der Waals surface area contributed by atoms with Crippen LogP contribution in [0, 0.1) is 17.8 Å². The molecule has 0 amide bonds. The third-order valence-corrected chi connectivity index (χ3v) is 7.93. The average Bonchev–Trinajstić information content (AvgIpc) is 3.57. The largest absolute Gasteiger partial charge is 0.497 e. The Bertz CT molecular complexity index is 984. The molecule has 2 heterocycles. The van der Waals surface area contributed by atoms with Crippen LogP contribution in [-0.2, 0) is 6.42 Å². The standard InChI is InChI=1S/C24H29N3O2S/c1-16(21-15-18-8-9-19(21)13-18)27-23(22-7-4-11-29-22)25-26-24(27)30-12-10-17-5-3-6-20(14-17)28-2/h3-7,11,14,16,18-19,21H,8-10,12-13,15H2,1-2H3. The van der Waals surface area contributed by atoms with Gasteiger partial charge >= 0.3 is 0 Å². The van der Waals surface area contributed by atoms with E-state index in [1.54, 1.807) is 25.1 Å². The van der Waals surface area contributed by atoms with Gasteiger partial charge in [-0.3, -0.25) is 4.57 Å². The van der Waals surface area contributed by atoms with E-state index < -0.39 is 0 Å². The molecule has 2 fully saturated rings. The fraction of sp³-hybridized carbons (Fsp3) is 0.500. The molecule has 2 saturated carbocycles. The number of rotatable bonds is 8. The summed E-state index contributed by atoms with van der Waals surface area (Å²) < 4.78 is 13.4. The second-order valence-corrected chi connectivity index (χ2v) is 9.74. The van der Waals surface area contributed by atoms with Crippen molar-refractivity contribution in [3.05, 3.63) is 48.2 Å². The first-order valence-electron chi connectivity index (χ1n) is 11.0. The smallest absolute Gasteiger partial charge is 0.200 e. The van der Waals surface area contributed by atoms with E-state index in [1.807, 2.05) is 24.3 Å². The molecular weight excluding hydrogens is 394 g/mol. The first-order chi connectivity index (χ1) is 14.7. The van der Waals surface area contributed by atoms with E-state index in [2.05, 4.69) is 33.8 Å². The van der Waals surface area contributed by atoms with E-state index in [0.717, 1.165) is 46.5 Å². The molecule has 5 rings (SSSR count). The van der Waals surface area contributed by atoms with Crippen LogP contribution in [0.5, 0.6) is 5.75 Å². The highest BCUT2D eigenvalue weighted by Gasteiger charge is 2.43. The maximum Gasteiger partial charge on any atom is 0.200 e. The van der Waals surface area contributed by atoms with E-state index in [-0.39, 0.29) is 0 Å². The minimum Gasteiger partial charge on any atom is -0.497 e. The van der Waals surface area contributed by atoms with Gasteiger partial charge in [0.15, 0.2) is 10.9 Å². The molecule has 158 valence electrons. The minimum atomic E-state index is 0.384. The number of furan rings is 1. The topological polar surface area (TPSA) is 53.1 Å². The SMILES string of the molecule is COc1cccc(CCSc2nnc(-c3ccco3)n2C(C)C2CC3CCC2C3)c1. The molecule has 30 heavy (non-hydrogen) atoms. The molecule has 2 aliphatic rings. The molecule has 5 nitrogen and oxygen atoms in total. The Hall–Kier alpha value is -2.21. The van der Waals surface area contributed by atoms with Gasteiger partial charge in [-0.1, -0.05) is 30.3 Å². The summed E-state index contributed by atoms with van der Waals surface area (Å²) in [6, 6.07) is 12.6. The third kappa shape index (κ3) is 3.78. The zero-order chi connectivity index (χ0) is 20.5. The number of nitrogens with zero attached hydrogens (tertiary/aromatic N) is 3. The van der Waals surface area contributed by atoms with Gasteiger partial charge in [0.1, 0.15) is 5.75 Å². The molecule has 6 heteroatoms. The van der Waals surface area contributed by atoms with Gasteiger partial charge in [-0.15, -0.1) is 10.2 Å². The van der Waals surface area contributed by atoms with Crippen LogP contribution in [0.25, 0.3) is 11.6 Å². The lowest BCUT2D eigenvalue weighted by Crippen LogP contribution is -2.23. The predicted octanol–water partition coefficient (Wildman–Crippen LogP) is 5.88. The Morgan fingerprint density at radius 2 is 2.13 bits per heavy atom. The van der Waals surface area contributed by atoms with Gasteiger partial charge < -0.3 is 9.15 Å². The number of benzene rings is 1. The summed E-state index contributed by atoms with van der Waals surface area (Å²) in [6.07, 6.45) is 8.24. The van der Waals surface area contributed by atoms with Crippen molar-refractivity contribution in [1.82, 2.24) is 14.8 Å². The highest BCUT2D eigenvalue weighted by atomic mass is 32.2. The van der Waals surface area contributed by atoms with Crippen LogP contribution in [0.4, 0.5) is 0 Å². The Morgan fingerprint density at radius 3 is 2.87 bits per heavy atom. The van der Waals surface area contributed by atoms with Gasteiger partial charge in [-0.25, -0.2) is 0 Å². The first-order valence-corrected chi connectivity index (χ1v) is 12.0. The highest BCUT2D eigenvalue weighted by Crippen LogP contribution is 2.53. The van der Waals surface area contributed by atoms with Crippen molar-refractivity contribution in [2.45, 2.75) is 50.2 Å². The Balaban J connectivity index is 1.36. The van der Waals surface area contributed by atoms with Gasteiger partial charge in [-0.05, 0) is 80.2 Å². The number of ether oxygens (including phenoxy) is 1. The normalized spacial score (nSPS) is 23.7. The number of hydrogen-bond acceptors (Lipinski definition) is 5. The van der Waals surface area contributed by atoms with Crippen molar-refractivity contribution < 1.29 is 9.15 Å². The summed E-state index contributed by atoms with van der Waals surface area (Å²) >= 11 is 1.79. The monoisotopic (exact) mass is 423 g/mol. The molecule has 4 atom stereocenters. The van der Waals surface area contributed by atoms with Gasteiger partial charge in [0.2, 0.25) is 5.82 Å². The summed E-state index contributed by atoms with van der Waals surface area (Å²) in [5.74, 6) is 6.02. The lowest BCUT2D eigenvalue weighted by atomic mass is 9.84. The van der Waals surface area contributed by atoms with Gasteiger partial charge in [0, 0.05) is 11.8 Å². The minimum absolute atomic E-state index is 0.384. The molecule has 2 aliphatic carbocycles. The lowest BCUT2D eigenvalue weighted by molar-refractivity contribution is 0.235. The molecular formula is C24H29N3O2S. The molecule has 0 N–H and O–H groups in total. The number of aromatic nitrogens is 3. The maximum atomic E-state index is 5.70. The molecule has 0 spiro atoms. The predicted molar refractivity (Wildman–Crippen MR) is 119 cm³/mol. The molecule has 0 saturated heterocycles. The first kappa shape index (κ1) is 19.7. The van der Waals surface area contributed by atoms with Crippen molar-refractivity contribution in [2.24, 2.45) is 17.8 Å². The number of fused-ring (bicyclic) bond motifs is 2. The van der Waals surface area contributed by atoms with Crippen LogP contribution in [-0.4, -0.2) is 27.6 Å². The summed E-state index contributed by atoms with van der Waals surface area (Å²) in [6.45, 7) is 2.35. The zero-order valence-corrected chi connectivity index (χ0v) is 18.5. The van der Waals surface area contributed by atoms with Crippen LogP contribution in [0.15, 0.2) is 52.2 Å². The van der Waals surface area contributed by atoms with Crippen molar-refractivity contribution in [3.63, 3.8) is 0 Å². The Kier molecular flexibility index (Phi) is 5.59. The van der Waals surface area contributed by atoms with Crippen LogP contribution < -0.4 is 4.74 Å². The second kappa shape index (κ2) is 8.50. The maximum absolute atomic E-state index is 5.70. The van der Waals surface area contributed by atoms with Crippen molar-refractivity contribution in [1.29, 1.82) is 0 Å². The fourth-order valence-electron chi connectivity index (χ4n) is 5.48. The summed E-state index contributed by atoms with van der Waals surface area (Å²) in [4.78, 5) is 0. The van der Waals surface area contributed by atoms with E-state index in [9.17, 15) is 0 Å². The van der Waals surface area contributed by atoms with Crippen LogP contribution in [0.3, 0.4) is 0 Å². The number of thioether (sulfide) groups is 1. The van der Waals surface area contributed by atoms with E-state index >= 15 is 0 Å². The van der Waals surface area contributed by atoms with Crippen LogP contribution in [0.1, 0.15) is 44.2 Å². The molecule has 1 aromatic carbocycles. The molecule has 0 radical (unpaired) electrons. The molecule has 2 aromatic heterocycles. The summed E-state index contributed by atoms with van der Waals surface area (Å²) in [5.41, 5.74) is 1.28. The van der Waals surface area contributed by atoms with Gasteiger partial charge in [-0.2, -0.15) is 0 Å². The van der Waals surface area contributed by atoms with Gasteiger partial charge in [0.05, 0.1) is 13.4 Å². The zero-order valence-electron chi connectivity index (χ0n) is 17.7. The molecule has 4 unspecified atom stereocenters.